The van der Waals surface area contributed by atoms with E-state index in [0.29, 0.717) is 5.56 Å². The summed E-state index contributed by atoms with van der Waals surface area (Å²) < 4.78 is 28.2. The summed E-state index contributed by atoms with van der Waals surface area (Å²) in [5.74, 6) is -2.71. The van der Waals surface area contributed by atoms with Gasteiger partial charge in [-0.25, -0.2) is 13.5 Å². The molecule has 1 aliphatic rings. The minimum atomic E-state index is -1.01. The van der Waals surface area contributed by atoms with Crippen LogP contribution in [0.2, 0.25) is 0 Å². The highest BCUT2D eigenvalue weighted by Crippen LogP contribution is 2.35. The number of carbonyl (C=O) groups is 2. The van der Waals surface area contributed by atoms with E-state index >= 15 is 0 Å². The predicted molar refractivity (Wildman–Crippen MR) is 104 cm³/mol. The van der Waals surface area contributed by atoms with Gasteiger partial charge in [0.2, 0.25) is 11.8 Å². The lowest BCUT2D eigenvalue weighted by molar-refractivity contribution is -0.144. The standard InChI is InChI=1S/C20H25F2N5O3/c1-20(2,3)17(19(30)26-9-12(28)8-16(26)18(29)23-4)27-10-15(24-25-27)11-5-6-13(21)14(22)7-11/h5-7,10,12,16-17,28H,8-9H2,1-4H3,(H,23,29)/t12?,16-,17?/m1/s1. The molecule has 1 aromatic heterocycles. The van der Waals surface area contributed by atoms with Gasteiger partial charge in [0, 0.05) is 25.6 Å². The number of likely N-dealkylation sites (N-methyl/N-ethyl adjacent to an activating group) is 1. The van der Waals surface area contributed by atoms with Crippen LogP contribution in [-0.4, -0.2) is 62.6 Å². The number of aliphatic hydroxyl groups excluding tert-OH is 1. The first-order valence-electron chi connectivity index (χ1n) is 9.60. The molecule has 1 fully saturated rings. The van der Waals surface area contributed by atoms with Crippen molar-refractivity contribution >= 4 is 11.8 Å². The van der Waals surface area contributed by atoms with Crippen LogP contribution in [0.1, 0.15) is 33.2 Å². The lowest BCUT2D eigenvalue weighted by Gasteiger charge is -2.34. The van der Waals surface area contributed by atoms with Crippen molar-refractivity contribution in [2.75, 3.05) is 13.6 Å². The van der Waals surface area contributed by atoms with Gasteiger partial charge in [0.1, 0.15) is 17.8 Å². The van der Waals surface area contributed by atoms with Crippen LogP contribution in [0, 0.1) is 17.0 Å². The highest BCUT2D eigenvalue weighted by atomic mass is 19.2. The Morgan fingerprint density at radius 3 is 2.57 bits per heavy atom. The number of aromatic nitrogens is 3. The minimum absolute atomic E-state index is 0.0359. The Bertz CT molecular complexity index is 956. The Morgan fingerprint density at radius 2 is 1.97 bits per heavy atom. The number of halogens is 2. The maximum Gasteiger partial charge on any atom is 0.248 e. The molecule has 162 valence electrons. The van der Waals surface area contributed by atoms with E-state index in [1.807, 2.05) is 20.8 Å². The third-order valence-electron chi connectivity index (χ3n) is 5.16. The van der Waals surface area contributed by atoms with E-state index in [9.17, 15) is 23.5 Å². The Morgan fingerprint density at radius 1 is 1.27 bits per heavy atom. The first-order valence-corrected chi connectivity index (χ1v) is 9.60. The largest absolute Gasteiger partial charge is 0.391 e. The molecule has 2 amide bonds. The first kappa shape index (κ1) is 21.8. The van der Waals surface area contributed by atoms with E-state index in [2.05, 4.69) is 15.6 Å². The van der Waals surface area contributed by atoms with Gasteiger partial charge in [-0.2, -0.15) is 0 Å². The summed E-state index contributed by atoms with van der Waals surface area (Å²) in [5, 5.41) is 20.6. The molecule has 30 heavy (non-hydrogen) atoms. The highest BCUT2D eigenvalue weighted by Gasteiger charge is 2.45. The molecule has 0 spiro atoms. The van der Waals surface area contributed by atoms with Crippen molar-refractivity contribution in [3.05, 3.63) is 36.0 Å². The van der Waals surface area contributed by atoms with Crippen LogP contribution < -0.4 is 5.32 Å². The van der Waals surface area contributed by atoms with Crippen molar-refractivity contribution in [2.24, 2.45) is 5.41 Å². The predicted octanol–water partition coefficient (Wildman–Crippen LogP) is 1.52. The molecule has 1 aliphatic heterocycles. The number of carbonyl (C=O) groups excluding carboxylic acids is 2. The highest BCUT2D eigenvalue weighted by molar-refractivity contribution is 5.90. The molecule has 0 aliphatic carbocycles. The van der Waals surface area contributed by atoms with Gasteiger partial charge in [0.05, 0.1) is 12.3 Å². The van der Waals surface area contributed by atoms with Crippen LogP contribution >= 0.6 is 0 Å². The maximum atomic E-state index is 13.6. The average Bonchev–Trinajstić information content (AvgIpc) is 3.29. The van der Waals surface area contributed by atoms with Crippen LogP contribution in [0.15, 0.2) is 24.4 Å². The van der Waals surface area contributed by atoms with Crippen molar-refractivity contribution in [2.45, 2.75) is 45.4 Å². The van der Waals surface area contributed by atoms with E-state index in [4.69, 9.17) is 0 Å². The zero-order chi connectivity index (χ0) is 22.2. The van der Waals surface area contributed by atoms with Crippen LogP contribution in [0.3, 0.4) is 0 Å². The van der Waals surface area contributed by atoms with E-state index in [-0.39, 0.29) is 30.5 Å². The molecular formula is C20H25F2N5O3. The van der Waals surface area contributed by atoms with Crippen molar-refractivity contribution in [1.29, 1.82) is 0 Å². The average molecular weight is 421 g/mol. The summed E-state index contributed by atoms with van der Waals surface area (Å²) in [7, 11) is 1.47. The number of likely N-dealkylation sites (tertiary alicyclic amines) is 1. The van der Waals surface area contributed by atoms with Crippen molar-refractivity contribution < 1.29 is 23.5 Å². The molecule has 2 N–H and O–H groups in total. The molecule has 10 heteroatoms. The van der Waals surface area contributed by atoms with Crippen LogP contribution in [-0.2, 0) is 9.59 Å². The number of nitrogens with zero attached hydrogens (tertiary/aromatic N) is 4. The van der Waals surface area contributed by atoms with Gasteiger partial charge in [-0.15, -0.1) is 5.10 Å². The topological polar surface area (TPSA) is 100 Å². The second-order valence-electron chi connectivity index (χ2n) is 8.49. The third-order valence-corrected chi connectivity index (χ3v) is 5.16. The monoisotopic (exact) mass is 421 g/mol. The zero-order valence-corrected chi connectivity index (χ0v) is 17.3. The van der Waals surface area contributed by atoms with E-state index in [1.165, 1.54) is 28.9 Å². The van der Waals surface area contributed by atoms with Crippen LogP contribution in [0.25, 0.3) is 11.3 Å². The molecule has 2 heterocycles. The number of aliphatic hydroxyl groups is 1. The lowest BCUT2D eigenvalue weighted by Crippen LogP contribution is -2.49. The molecule has 0 saturated carbocycles. The summed E-state index contributed by atoms with van der Waals surface area (Å²) in [6.45, 7) is 5.57. The number of nitrogens with one attached hydrogen (secondary N) is 1. The number of rotatable bonds is 4. The summed E-state index contributed by atoms with van der Waals surface area (Å²) in [5.41, 5.74) is -0.0167. The van der Waals surface area contributed by atoms with E-state index in [1.54, 1.807) is 0 Å². The molecule has 2 aromatic rings. The first-order chi connectivity index (χ1) is 14.0. The molecule has 3 atom stereocenters. The molecule has 0 radical (unpaired) electrons. The Labute approximate surface area is 172 Å². The fraction of sp³-hybridized carbons (Fsp3) is 0.500. The summed E-state index contributed by atoms with van der Waals surface area (Å²) in [6.07, 6.45) is 0.840. The molecule has 1 aromatic carbocycles. The second-order valence-corrected chi connectivity index (χ2v) is 8.49. The van der Waals surface area contributed by atoms with Gasteiger partial charge in [-0.05, 0) is 23.6 Å². The smallest absolute Gasteiger partial charge is 0.248 e. The number of hydrogen-bond donors (Lipinski definition) is 2. The molecular weight excluding hydrogens is 396 g/mol. The normalized spacial score (nSPS) is 20.3. The van der Waals surface area contributed by atoms with Crippen molar-refractivity contribution in [1.82, 2.24) is 25.2 Å². The molecule has 0 bridgehead atoms. The molecule has 3 rings (SSSR count). The Hall–Kier alpha value is -2.88. The fourth-order valence-electron chi connectivity index (χ4n) is 3.70. The van der Waals surface area contributed by atoms with Gasteiger partial charge in [0.25, 0.3) is 0 Å². The number of hydrogen-bond acceptors (Lipinski definition) is 5. The maximum absolute atomic E-state index is 13.6. The van der Waals surface area contributed by atoms with Gasteiger partial charge in [-0.1, -0.05) is 26.0 Å². The van der Waals surface area contributed by atoms with Crippen molar-refractivity contribution in [3.8, 4) is 11.3 Å². The lowest BCUT2D eigenvalue weighted by atomic mass is 9.85. The molecule has 1 saturated heterocycles. The van der Waals surface area contributed by atoms with E-state index in [0.717, 1.165) is 12.1 Å². The Balaban J connectivity index is 1.95. The number of β-amino-alcohol motifs (C(OH)–C–C–N with tert-alkyl or cyclic N) is 1. The van der Waals surface area contributed by atoms with Gasteiger partial charge >= 0.3 is 0 Å². The van der Waals surface area contributed by atoms with Gasteiger partial charge < -0.3 is 15.3 Å². The zero-order valence-electron chi connectivity index (χ0n) is 17.3. The minimum Gasteiger partial charge on any atom is -0.391 e. The molecule has 8 nitrogen and oxygen atoms in total. The van der Waals surface area contributed by atoms with Crippen molar-refractivity contribution in [3.63, 3.8) is 0 Å². The summed E-state index contributed by atoms with van der Waals surface area (Å²) in [6, 6.07) is 1.77. The quantitative estimate of drug-likeness (QED) is 0.780. The van der Waals surface area contributed by atoms with Gasteiger partial charge in [-0.3, -0.25) is 9.59 Å². The number of benzene rings is 1. The summed E-state index contributed by atoms with van der Waals surface area (Å²) >= 11 is 0. The van der Waals surface area contributed by atoms with Crippen LogP contribution in [0.4, 0.5) is 8.78 Å². The van der Waals surface area contributed by atoms with E-state index < -0.39 is 35.2 Å². The summed E-state index contributed by atoms with van der Waals surface area (Å²) in [4.78, 5) is 27.0. The fourth-order valence-corrected chi connectivity index (χ4v) is 3.70. The third kappa shape index (κ3) is 4.18. The number of amides is 2. The SMILES string of the molecule is CNC(=O)[C@H]1CC(O)CN1C(=O)C(n1cc(-c2ccc(F)c(F)c2)nn1)C(C)(C)C. The Kier molecular flexibility index (Phi) is 5.89. The molecule has 2 unspecified atom stereocenters. The van der Waals surface area contributed by atoms with Crippen LogP contribution in [0.5, 0.6) is 0 Å². The second kappa shape index (κ2) is 8.10. The van der Waals surface area contributed by atoms with Gasteiger partial charge in [0.15, 0.2) is 11.6 Å².